The molecule has 0 aliphatic carbocycles. The smallest absolute Gasteiger partial charge is 0.387 e. The van der Waals surface area contributed by atoms with E-state index in [0.717, 1.165) is 16.2 Å². The molecule has 1 aromatic carbocycles. The van der Waals surface area contributed by atoms with Gasteiger partial charge in [-0.25, -0.2) is 8.42 Å². The number of halogens is 3. The lowest BCUT2D eigenvalue weighted by atomic mass is 10.2. The number of carbonyl (C=O) groups excluding carboxylic acids is 1. The molecule has 0 spiro atoms. The Morgan fingerprint density at radius 2 is 2.11 bits per heavy atom. The van der Waals surface area contributed by atoms with Gasteiger partial charge in [-0.2, -0.15) is 13.1 Å². The molecule has 1 N–H and O–H groups in total. The number of benzene rings is 1. The van der Waals surface area contributed by atoms with Gasteiger partial charge in [0.15, 0.2) is 0 Å². The first kappa shape index (κ1) is 21.0. The zero-order valence-corrected chi connectivity index (χ0v) is 17.1. The number of hydrogen-bond acceptors (Lipinski definition) is 5. The quantitative estimate of drug-likeness (QED) is 0.718. The SMILES string of the molecule is Cc1ccc(S(=O)(=O)N2CCC[C@H]2C(=O)Nc2ccc(OC(F)F)c(Cl)c2)s1. The summed E-state index contributed by atoms with van der Waals surface area (Å²) < 4.78 is 56.0. The molecule has 1 amide bonds. The molecule has 2 aromatic rings. The van der Waals surface area contributed by atoms with Gasteiger partial charge in [0.05, 0.1) is 5.02 Å². The maximum Gasteiger partial charge on any atom is 0.387 e. The minimum atomic E-state index is -3.77. The van der Waals surface area contributed by atoms with Gasteiger partial charge in [-0.3, -0.25) is 4.79 Å². The topological polar surface area (TPSA) is 75.7 Å². The molecule has 11 heteroatoms. The first-order valence-electron chi connectivity index (χ1n) is 8.32. The summed E-state index contributed by atoms with van der Waals surface area (Å²) in [6, 6.07) is 6.23. The summed E-state index contributed by atoms with van der Waals surface area (Å²) in [7, 11) is -3.77. The van der Waals surface area contributed by atoms with Crippen molar-refractivity contribution in [2.75, 3.05) is 11.9 Å². The number of nitrogens with zero attached hydrogens (tertiary/aromatic N) is 1. The maximum atomic E-state index is 12.9. The van der Waals surface area contributed by atoms with Crippen molar-refractivity contribution in [1.29, 1.82) is 0 Å². The van der Waals surface area contributed by atoms with Crippen LogP contribution in [0.15, 0.2) is 34.5 Å². The Morgan fingerprint density at radius 1 is 1.36 bits per heavy atom. The van der Waals surface area contributed by atoms with Crippen LogP contribution in [-0.4, -0.2) is 37.8 Å². The minimum Gasteiger partial charge on any atom is -0.433 e. The molecule has 0 radical (unpaired) electrons. The van der Waals surface area contributed by atoms with Crippen molar-refractivity contribution in [2.45, 2.75) is 36.6 Å². The van der Waals surface area contributed by atoms with Gasteiger partial charge < -0.3 is 10.1 Å². The van der Waals surface area contributed by atoms with Gasteiger partial charge in [0.1, 0.15) is 16.0 Å². The van der Waals surface area contributed by atoms with Crippen LogP contribution in [0.3, 0.4) is 0 Å². The van der Waals surface area contributed by atoms with Gasteiger partial charge in [0.25, 0.3) is 10.0 Å². The third kappa shape index (κ3) is 4.45. The van der Waals surface area contributed by atoms with E-state index in [1.165, 1.54) is 28.6 Å². The molecule has 0 saturated carbocycles. The number of amides is 1. The highest BCUT2D eigenvalue weighted by atomic mass is 35.5. The van der Waals surface area contributed by atoms with Crippen LogP contribution >= 0.6 is 22.9 Å². The van der Waals surface area contributed by atoms with Crippen molar-refractivity contribution >= 4 is 44.6 Å². The molecule has 1 aliphatic heterocycles. The molecule has 1 aromatic heterocycles. The molecule has 6 nitrogen and oxygen atoms in total. The van der Waals surface area contributed by atoms with E-state index in [1.807, 2.05) is 6.92 Å². The standard InChI is InChI=1S/C17H17ClF2N2O4S2/c1-10-4-7-15(27-10)28(24,25)22-8-2-3-13(22)16(23)21-11-5-6-14(12(18)9-11)26-17(19)20/h4-7,9,13,17H,2-3,8H2,1H3,(H,21,23)/t13-/m0/s1. The van der Waals surface area contributed by atoms with E-state index >= 15 is 0 Å². The summed E-state index contributed by atoms with van der Waals surface area (Å²) >= 11 is 7.04. The normalized spacial score (nSPS) is 17.8. The molecule has 1 saturated heterocycles. The van der Waals surface area contributed by atoms with E-state index in [0.29, 0.717) is 12.8 Å². The molecule has 152 valence electrons. The van der Waals surface area contributed by atoms with Crippen molar-refractivity contribution in [3.05, 3.63) is 40.2 Å². The molecule has 28 heavy (non-hydrogen) atoms. The molecular formula is C17H17ClF2N2O4S2. The second-order valence-electron chi connectivity index (χ2n) is 6.15. The lowest BCUT2D eigenvalue weighted by Gasteiger charge is -2.22. The zero-order chi connectivity index (χ0) is 20.5. The number of alkyl halides is 2. The van der Waals surface area contributed by atoms with Crippen LogP contribution in [0.25, 0.3) is 0 Å². The van der Waals surface area contributed by atoms with Gasteiger partial charge in [0, 0.05) is 17.1 Å². The van der Waals surface area contributed by atoms with Crippen molar-refractivity contribution in [2.24, 2.45) is 0 Å². The predicted octanol–water partition coefficient (Wildman–Crippen LogP) is 4.10. The molecule has 0 bridgehead atoms. The van der Waals surface area contributed by atoms with E-state index in [2.05, 4.69) is 10.1 Å². The molecule has 1 fully saturated rings. The van der Waals surface area contributed by atoms with Crippen molar-refractivity contribution in [3.8, 4) is 5.75 Å². The number of aryl methyl sites for hydroxylation is 1. The van der Waals surface area contributed by atoms with Crippen LogP contribution in [0.2, 0.25) is 5.02 Å². The van der Waals surface area contributed by atoms with Gasteiger partial charge in [0.2, 0.25) is 5.91 Å². The van der Waals surface area contributed by atoms with Gasteiger partial charge in [-0.1, -0.05) is 11.6 Å². The van der Waals surface area contributed by atoms with Gasteiger partial charge in [-0.05, 0) is 50.1 Å². The average molecular weight is 451 g/mol. The molecule has 3 rings (SSSR count). The Bertz CT molecular complexity index is 981. The Balaban J connectivity index is 1.76. The van der Waals surface area contributed by atoms with E-state index in [-0.39, 0.29) is 27.2 Å². The second-order valence-corrected chi connectivity index (χ2v) is 9.96. The number of hydrogen-bond donors (Lipinski definition) is 1. The first-order valence-corrected chi connectivity index (χ1v) is 11.0. The summed E-state index contributed by atoms with van der Waals surface area (Å²) in [6.07, 6.45) is 0.944. The summed E-state index contributed by atoms with van der Waals surface area (Å²) in [5.41, 5.74) is 0.257. The number of anilines is 1. The van der Waals surface area contributed by atoms with Crippen LogP contribution in [0, 0.1) is 6.92 Å². The van der Waals surface area contributed by atoms with E-state index in [1.54, 1.807) is 6.07 Å². The van der Waals surface area contributed by atoms with Crippen LogP contribution in [0.4, 0.5) is 14.5 Å². The van der Waals surface area contributed by atoms with Gasteiger partial charge >= 0.3 is 6.61 Å². The van der Waals surface area contributed by atoms with Crippen molar-refractivity contribution in [1.82, 2.24) is 4.31 Å². The van der Waals surface area contributed by atoms with E-state index in [4.69, 9.17) is 11.6 Å². The van der Waals surface area contributed by atoms with Crippen molar-refractivity contribution < 1.29 is 26.7 Å². The van der Waals surface area contributed by atoms with Crippen LogP contribution in [-0.2, 0) is 14.8 Å². The summed E-state index contributed by atoms with van der Waals surface area (Å²) in [4.78, 5) is 13.5. The molecule has 1 atom stereocenters. The third-order valence-corrected chi connectivity index (χ3v) is 7.87. The highest BCUT2D eigenvalue weighted by molar-refractivity contribution is 7.91. The molecule has 0 unspecified atom stereocenters. The predicted molar refractivity (Wildman–Crippen MR) is 103 cm³/mol. The Kier molecular flexibility index (Phi) is 6.23. The summed E-state index contributed by atoms with van der Waals surface area (Å²) in [5, 5.41) is 2.50. The Morgan fingerprint density at radius 3 is 2.71 bits per heavy atom. The van der Waals surface area contributed by atoms with Gasteiger partial charge in [-0.15, -0.1) is 11.3 Å². The largest absolute Gasteiger partial charge is 0.433 e. The summed E-state index contributed by atoms with van der Waals surface area (Å²) in [6.45, 7) is -0.960. The summed E-state index contributed by atoms with van der Waals surface area (Å²) in [5.74, 6) is -0.722. The number of nitrogens with one attached hydrogen (secondary N) is 1. The van der Waals surface area contributed by atoms with Crippen LogP contribution < -0.4 is 10.1 Å². The maximum absolute atomic E-state index is 12.9. The highest BCUT2D eigenvalue weighted by Crippen LogP contribution is 2.32. The van der Waals surface area contributed by atoms with Crippen molar-refractivity contribution in [3.63, 3.8) is 0 Å². The van der Waals surface area contributed by atoms with E-state index < -0.39 is 28.6 Å². The fourth-order valence-corrected chi connectivity index (χ4v) is 6.25. The number of ether oxygens (including phenoxy) is 1. The molecule has 1 aliphatic rings. The zero-order valence-electron chi connectivity index (χ0n) is 14.7. The number of sulfonamides is 1. The number of thiophene rings is 1. The fraction of sp³-hybridized carbons (Fsp3) is 0.353. The molecule has 2 heterocycles. The monoisotopic (exact) mass is 450 g/mol. The molecular weight excluding hydrogens is 434 g/mol. The first-order chi connectivity index (χ1) is 13.2. The van der Waals surface area contributed by atoms with Crippen LogP contribution in [0.1, 0.15) is 17.7 Å². The van der Waals surface area contributed by atoms with Crippen LogP contribution in [0.5, 0.6) is 5.75 Å². The third-order valence-electron chi connectivity index (χ3n) is 4.20. The fourth-order valence-electron chi connectivity index (χ4n) is 2.95. The lowest BCUT2D eigenvalue weighted by Crippen LogP contribution is -2.42. The second kappa shape index (κ2) is 8.32. The minimum absolute atomic E-state index is 0.0944. The number of carbonyl (C=O) groups is 1. The number of rotatable bonds is 6. The Hall–Kier alpha value is -1.75. The van der Waals surface area contributed by atoms with E-state index in [9.17, 15) is 22.0 Å². The highest BCUT2D eigenvalue weighted by Gasteiger charge is 2.40. The average Bonchev–Trinajstić information content (AvgIpc) is 3.26. The lowest BCUT2D eigenvalue weighted by molar-refractivity contribution is -0.119. The Labute approximate surface area is 170 Å².